The van der Waals surface area contributed by atoms with E-state index in [1.807, 2.05) is 60.7 Å². The third kappa shape index (κ3) is 3.72. The average molecular weight is 356 g/mol. The molecule has 0 fully saturated rings. The Morgan fingerprint density at radius 1 is 0.889 bits per heavy atom. The normalized spacial score (nSPS) is 10.5. The Hall–Kier alpha value is -3.87. The summed E-state index contributed by atoms with van der Waals surface area (Å²) in [5.74, 6) is 0.279. The third-order valence-corrected chi connectivity index (χ3v) is 4.02. The van der Waals surface area contributed by atoms with Crippen molar-refractivity contribution in [3.63, 3.8) is 0 Å². The zero-order valence-corrected chi connectivity index (χ0v) is 14.4. The maximum absolute atomic E-state index is 13.1. The highest BCUT2D eigenvalue weighted by molar-refractivity contribution is 6.04. The van der Waals surface area contributed by atoms with Crippen LogP contribution in [0.5, 0.6) is 0 Å². The molecule has 0 aliphatic rings. The first-order valence-electron chi connectivity index (χ1n) is 8.41. The Kier molecular flexibility index (Phi) is 4.65. The Morgan fingerprint density at radius 2 is 1.63 bits per heavy atom. The lowest BCUT2D eigenvalue weighted by molar-refractivity contribution is 0.0979. The summed E-state index contributed by atoms with van der Waals surface area (Å²) in [7, 11) is 0. The molecule has 7 nitrogen and oxygen atoms in total. The van der Waals surface area contributed by atoms with Gasteiger partial charge in [-0.2, -0.15) is 5.10 Å². The fourth-order valence-electron chi connectivity index (χ4n) is 2.68. The van der Waals surface area contributed by atoms with Crippen LogP contribution in [0.1, 0.15) is 16.1 Å². The molecule has 2 heterocycles. The van der Waals surface area contributed by atoms with Gasteiger partial charge in [-0.3, -0.25) is 4.79 Å². The predicted molar refractivity (Wildman–Crippen MR) is 100 cm³/mol. The second kappa shape index (κ2) is 7.57. The third-order valence-electron chi connectivity index (χ3n) is 4.02. The predicted octanol–water partition coefficient (Wildman–Crippen LogP) is 2.90. The molecule has 0 atom stereocenters. The van der Waals surface area contributed by atoms with Gasteiger partial charge < -0.3 is 4.90 Å². The first-order valence-corrected chi connectivity index (χ1v) is 8.41. The average Bonchev–Trinajstić information content (AvgIpc) is 3.28. The quantitative estimate of drug-likeness (QED) is 0.549. The Morgan fingerprint density at radius 3 is 2.26 bits per heavy atom. The lowest BCUT2D eigenvalue weighted by atomic mass is 10.2. The maximum atomic E-state index is 13.1. The summed E-state index contributed by atoms with van der Waals surface area (Å²) >= 11 is 0. The van der Waals surface area contributed by atoms with Gasteiger partial charge in [-0.25, -0.2) is 9.67 Å². The highest BCUT2D eigenvalue weighted by atomic mass is 16.2. The van der Waals surface area contributed by atoms with Gasteiger partial charge in [0.2, 0.25) is 0 Å². The first kappa shape index (κ1) is 16.6. The van der Waals surface area contributed by atoms with Crippen molar-refractivity contribution in [2.24, 2.45) is 0 Å². The fourth-order valence-corrected chi connectivity index (χ4v) is 2.68. The van der Waals surface area contributed by atoms with Crippen molar-refractivity contribution < 1.29 is 4.79 Å². The van der Waals surface area contributed by atoms with E-state index in [0.717, 1.165) is 11.3 Å². The number of benzene rings is 2. The van der Waals surface area contributed by atoms with Gasteiger partial charge in [0.15, 0.2) is 11.5 Å². The molecular weight excluding hydrogens is 340 g/mol. The highest BCUT2D eigenvalue weighted by Gasteiger charge is 2.20. The number of hydrogen-bond donors (Lipinski definition) is 0. The van der Waals surface area contributed by atoms with Gasteiger partial charge >= 0.3 is 0 Å². The largest absolute Gasteiger partial charge is 0.303 e. The van der Waals surface area contributed by atoms with Gasteiger partial charge in [0.1, 0.15) is 12.7 Å². The van der Waals surface area contributed by atoms with E-state index in [1.54, 1.807) is 17.0 Å². The smallest absolute Gasteiger partial charge is 0.279 e. The summed E-state index contributed by atoms with van der Waals surface area (Å²) in [6.45, 7) is 0.441. The minimum atomic E-state index is -0.220. The Balaban J connectivity index is 1.64. The molecule has 0 aliphatic heterocycles. The topological polar surface area (TPSA) is 76.8 Å². The van der Waals surface area contributed by atoms with Crippen molar-refractivity contribution in [2.75, 3.05) is 4.90 Å². The minimum absolute atomic E-state index is 0.220. The molecule has 0 saturated heterocycles. The molecule has 0 saturated carbocycles. The van der Waals surface area contributed by atoms with E-state index in [1.165, 1.54) is 17.3 Å². The molecule has 0 bridgehead atoms. The van der Waals surface area contributed by atoms with Crippen molar-refractivity contribution in [3.8, 4) is 5.82 Å². The number of anilines is 1. The second-order valence-electron chi connectivity index (χ2n) is 5.83. The molecule has 132 valence electrons. The van der Waals surface area contributed by atoms with Crippen LogP contribution in [0.3, 0.4) is 0 Å². The molecule has 2 aromatic heterocycles. The molecule has 0 spiro atoms. The van der Waals surface area contributed by atoms with E-state index < -0.39 is 0 Å². The Bertz CT molecular complexity index is 1000. The molecule has 27 heavy (non-hydrogen) atoms. The first-order chi connectivity index (χ1) is 13.3. The van der Waals surface area contributed by atoms with Crippen LogP contribution in [-0.4, -0.2) is 30.9 Å². The van der Waals surface area contributed by atoms with Gasteiger partial charge in [-0.05, 0) is 29.8 Å². The number of nitrogens with zero attached hydrogens (tertiary/aromatic N) is 6. The minimum Gasteiger partial charge on any atom is -0.303 e. The molecule has 7 heteroatoms. The van der Waals surface area contributed by atoms with E-state index in [4.69, 9.17) is 0 Å². The van der Waals surface area contributed by atoms with Crippen LogP contribution in [-0.2, 0) is 6.54 Å². The lowest BCUT2D eigenvalue weighted by Gasteiger charge is -2.22. The van der Waals surface area contributed by atoms with Crippen molar-refractivity contribution in [1.29, 1.82) is 0 Å². The molecule has 1 amide bonds. The van der Waals surface area contributed by atoms with Gasteiger partial charge in [-0.1, -0.05) is 48.5 Å². The summed E-state index contributed by atoms with van der Waals surface area (Å²) in [5.41, 5.74) is 2.09. The van der Waals surface area contributed by atoms with Crippen LogP contribution in [0.4, 0.5) is 5.69 Å². The van der Waals surface area contributed by atoms with Crippen LogP contribution < -0.4 is 4.90 Å². The van der Waals surface area contributed by atoms with Crippen molar-refractivity contribution >= 4 is 11.6 Å². The molecule has 0 radical (unpaired) electrons. The number of carbonyl (C=O) groups is 1. The Labute approximate surface area is 155 Å². The molecular formula is C20H16N6O. The zero-order chi connectivity index (χ0) is 18.5. The molecule has 0 N–H and O–H groups in total. The van der Waals surface area contributed by atoms with Gasteiger partial charge in [0, 0.05) is 5.69 Å². The molecule has 4 aromatic rings. The SMILES string of the molecule is O=C(c1ccc(-n2cncn2)nn1)N(Cc1ccccc1)c1ccccc1. The van der Waals surface area contributed by atoms with E-state index in [9.17, 15) is 4.79 Å². The van der Waals surface area contributed by atoms with Crippen LogP contribution in [0.15, 0.2) is 85.5 Å². The summed E-state index contributed by atoms with van der Waals surface area (Å²) in [5, 5.41) is 12.2. The van der Waals surface area contributed by atoms with Crippen LogP contribution in [0.2, 0.25) is 0 Å². The number of carbonyl (C=O) groups excluding carboxylic acids is 1. The summed E-state index contributed by atoms with van der Waals surface area (Å²) in [4.78, 5) is 18.7. The fraction of sp³-hybridized carbons (Fsp3) is 0.0500. The van der Waals surface area contributed by atoms with Gasteiger partial charge in [0.25, 0.3) is 5.91 Å². The number of rotatable bonds is 5. The van der Waals surface area contributed by atoms with Gasteiger partial charge in [0.05, 0.1) is 6.54 Å². The van der Waals surface area contributed by atoms with Crippen molar-refractivity contribution in [1.82, 2.24) is 25.0 Å². The number of hydrogen-bond acceptors (Lipinski definition) is 5. The van der Waals surface area contributed by atoms with E-state index in [-0.39, 0.29) is 11.6 Å². The van der Waals surface area contributed by atoms with Crippen LogP contribution >= 0.6 is 0 Å². The van der Waals surface area contributed by atoms with Crippen LogP contribution in [0, 0.1) is 0 Å². The number of aromatic nitrogens is 5. The highest BCUT2D eigenvalue weighted by Crippen LogP contribution is 2.19. The molecule has 4 rings (SSSR count). The number of para-hydroxylation sites is 1. The zero-order valence-electron chi connectivity index (χ0n) is 14.4. The second-order valence-corrected chi connectivity index (χ2v) is 5.83. The monoisotopic (exact) mass is 356 g/mol. The standard InChI is InChI=1S/C20H16N6O/c27-20(18-11-12-19(24-23-18)26-15-21-14-22-26)25(17-9-5-2-6-10-17)13-16-7-3-1-4-8-16/h1-12,14-15H,13H2. The number of amides is 1. The molecule has 0 unspecified atom stereocenters. The molecule has 0 aliphatic carbocycles. The summed E-state index contributed by atoms with van der Waals surface area (Å²) in [6, 6.07) is 22.7. The maximum Gasteiger partial charge on any atom is 0.279 e. The van der Waals surface area contributed by atoms with E-state index in [0.29, 0.717) is 12.4 Å². The van der Waals surface area contributed by atoms with E-state index >= 15 is 0 Å². The lowest BCUT2D eigenvalue weighted by Crippen LogP contribution is -2.31. The van der Waals surface area contributed by atoms with Crippen LogP contribution in [0.25, 0.3) is 5.82 Å². The summed E-state index contributed by atoms with van der Waals surface area (Å²) in [6.07, 6.45) is 2.94. The van der Waals surface area contributed by atoms with Crippen molar-refractivity contribution in [2.45, 2.75) is 6.54 Å². The summed E-state index contributed by atoms with van der Waals surface area (Å²) < 4.78 is 1.49. The van der Waals surface area contributed by atoms with Gasteiger partial charge in [-0.15, -0.1) is 10.2 Å². The van der Waals surface area contributed by atoms with E-state index in [2.05, 4.69) is 20.3 Å². The molecule has 2 aromatic carbocycles. The van der Waals surface area contributed by atoms with Crippen molar-refractivity contribution in [3.05, 3.63) is 96.7 Å².